The summed E-state index contributed by atoms with van der Waals surface area (Å²) in [5, 5.41) is 18.2. The Balaban J connectivity index is 2.14. The van der Waals surface area contributed by atoms with E-state index in [1.165, 1.54) is 0 Å². The van der Waals surface area contributed by atoms with Gasteiger partial charge in [-0.25, -0.2) is 0 Å². The van der Waals surface area contributed by atoms with E-state index in [0.29, 0.717) is 6.54 Å². The molecule has 0 bridgehead atoms. The molecule has 5 nitrogen and oxygen atoms in total. The molecule has 0 spiro atoms. The quantitative estimate of drug-likeness (QED) is 0.771. The fourth-order valence-corrected chi connectivity index (χ4v) is 2.64. The third-order valence-corrected chi connectivity index (χ3v) is 3.70. The monoisotopic (exact) mass is 224 g/mol. The van der Waals surface area contributed by atoms with Crippen molar-refractivity contribution in [3.05, 3.63) is 11.9 Å². The summed E-state index contributed by atoms with van der Waals surface area (Å²) in [6.07, 6.45) is 6.43. The number of rotatable bonds is 3. The van der Waals surface area contributed by atoms with Crippen LogP contribution in [0.1, 0.15) is 31.4 Å². The highest BCUT2D eigenvalue weighted by molar-refractivity contribution is 5.03. The molecule has 0 amide bonds. The maximum Gasteiger partial charge on any atom is 0.0834 e. The van der Waals surface area contributed by atoms with Gasteiger partial charge in [0.05, 0.1) is 11.8 Å². The van der Waals surface area contributed by atoms with Crippen molar-refractivity contribution in [2.45, 2.75) is 38.2 Å². The average molecular weight is 224 g/mol. The highest BCUT2D eigenvalue weighted by Gasteiger charge is 2.39. The van der Waals surface area contributed by atoms with Crippen molar-refractivity contribution in [1.82, 2.24) is 15.0 Å². The number of hydrogen-bond donors (Lipinski definition) is 2. The summed E-state index contributed by atoms with van der Waals surface area (Å²) < 4.78 is 1.69. The zero-order chi connectivity index (χ0) is 11.6. The van der Waals surface area contributed by atoms with Gasteiger partial charge in [-0.15, -0.1) is 5.10 Å². The van der Waals surface area contributed by atoms with E-state index in [-0.39, 0.29) is 11.5 Å². The van der Waals surface area contributed by atoms with Crippen LogP contribution in [0.4, 0.5) is 0 Å². The second-order valence-corrected chi connectivity index (χ2v) is 4.89. The van der Waals surface area contributed by atoms with Gasteiger partial charge < -0.3 is 10.8 Å². The molecule has 3 N–H and O–H groups in total. The van der Waals surface area contributed by atoms with Crippen molar-refractivity contribution < 1.29 is 5.11 Å². The number of aromatic nitrogens is 3. The number of aliphatic hydroxyl groups is 1. The lowest BCUT2D eigenvalue weighted by molar-refractivity contribution is -0.00646. The van der Waals surface area contributed by atoms with Gasteiger partial charge in [0.25, 0.3) is 0 Å². The zero-order valence-electron chi connectivity index (χ0n) is 9.76. The van der Waals surface area contributed by atoms with E-state index in [0.717, 1.165) is 37.8 Å². The van der Waals surface area contributed by atoms with Gasteiger partial charge in [-0.2, -0.15) is 0 Å². The first-order chi connectivity index (χ1) is 7.66. The lowest BCUT2D eigenvalue weighted by Crippen LogP contribution is -2.45. The van der Waals surface area contributed by atoms with Gasteiger partial charge in [0.1, 0.15) is 0 Å². The number of nitrogens with zero attached hydrogens (tertiary/aromatic N) is 3. The largest absolute Gasteiger partial charge is 0.392 e. The molecule has 1 fully saturated rings. The number of nitrogens with two attached hydrogens (primary N) is 1. The zero-order valence-corrected chi connectivity index (χ0v) is 9.76. The predicted molar refractivity (Wildman–Crippen MR) is 60.7 cm³/mol. The van der Waals surface area contributed by atoms with Crippen molar-refractivity contribution in [3.8, 4) is 0 Å². The first kappa shape index (κ1) is 11.5. The minimum absolute atomic E-state index is 0.186. The van der Waals surface area contributed by atoms with Crippen molar-refractivity contribution in [2.75, 3.05) is 6.54 Å². The van der Waals surface area contributed by atoms with Gasteiger partial charge in [-0.3, -0.25) is 4.68 Å². The maximum absolute atomic E-state index is 10.2. The minimum Gasteiger partial charge on any atom is -0.392 e. The molecule has 1 aromatic heterocycles. The molecule has 16 heavy (non-hydrogen) atoms. The first-order valence-corrected chi connectivity index (χ1v) is 5.90. The Labute approximate surface area is 95.6 Å². The van der Waals surface area contributed by atoms with Crippen LogP contribution < -0.4 is 5.73 Å². The second-order valence-electron chi connectivity index (χ2n) is 4.89. The minimum atomic E-state index is -0.298. The fraction of sp³-hybridized carbons (Fsp3) is 0.818. The van der Waals surface area contributed by atoms with Crippen LogP contribution in [0.5, 0.6) is 0 Å². The highest BCUT2D eigenvalue weighted by atomic mass is 16.3. The number of aliphatic hydroxyl groups excluding tert-OH is 1. The van der Waals surface area contributed by atoms with Gasteiger partial charge in [-0.1, -0.05) is 18.1 Å². The van der Waals surface area contributed by atoms with Crippen LogP contribution in [-0.4, -0.2) is 32.7 Å². The molecule has 1 aromatic rings. The predicted octanol–water partition coefficient (Wildman–Crippen LogP) is 0.238. The highest BCUT2D eigenvalue weighted by Crippen LogP contribution is 2.38. The van der Waals surface area contributed by atoms with Crippen LogP contribution in [0, 0.1) is 5.41 Å². The molecule has 2 rings (SSSR count). The molecular weight excluding hydrogens is 204 g/mol. The van der Waals surface area contributed by atoms with E-state index >= 15 is 0 Å². The Hall–Kier alpha value is -0.940. The van der Waals surface area contributed by atoms with Gasteiger partial charge >= 0.3 is 0 Å². The van der Waals surface area contributed by atoms with Crippen LogP contribution in [-0.2, 0) is 13.5 Å². The van der Waals surface area contributed by atoms with Crippen molar-refractivity contribution in [1.29, 1.82) is 0 Å². The fourth-order valence-electron chi connectivity index (χ4n) is 2.64. The van der Waals surface area contributed by atoms with Crippen LogP contribution in [0.15, 0.2) is 6.20 Å². The molecule has 90 valence electrons. The van der Waals surface area contributed by atoms with E-state index in [1.807, 2.05) is 13.2 Å². The molecule has 1 aliphatic rings. The van der Waals surface area contributed by atoms with Crippen LogP contribution >= 0.6 is 0 Å². The smallest absolute Gasteiger partial charge is 0.0834 e. The second kappa shape index (κ2) is 4.51. The normalized spacial score (nSPS) is 30.6. The molecular formula is C11H20N4O. The molecule has 1 aliphatic carbocycles. The van der Waals surface area contributed by atoms with E-state index < -0.39 is 0 Å². The summed E-state index contributed by atoms with van der Waals surface area (Å²) in [4.78, 5) is 0. The molecule has 0 radical (unpaired) electrons. The van der Waals surface area contributed by atoms with Gasteiger partial charge in [0.2, 0.25) is 0 Å². The Morgan fingerprint density at radius 1 is 1.62 bits per heavy atom. The number of hydrogen-bond acceptors (Lipinski definition) is 4. The number of aryl methyl sites for hydroxylation is 1. The first-order valence-electron chi connectivity index (χ1n) is 5.90. The summed E-state index contributed by atoms with van der Waals surface area (Å²) in [6, 6.07) is 0. The third-order valence-electron chi connectivity index (χ3n) is 3.70. The average Bonchev–Trinajstić information content (AvgIpc) is 2.67. The lowest BCUT2D eigenvalue weighted by Gasteiger charge is -2.40. The molecule has 1 heterocycles. The standard InChI is InChI=1S/C11H20N4O/c1-15-7-9(13-14-15)6-11(8-12)5-3-2-4-10(11)16/h7,10,16H,2-6,8,12H2,1H3. The molecule has 0 saturated heterocycles. The van der Waals surface area contributed by atoms with E-state index in [1.54, 1.807) is 4.68 Å². The summed E-state index contributed by atoms with van der Waals surface area (Å²) in [6.45, 7) is 0.519. The summed E-state index contributed by atoms with van der Waals surface area (Å²) in [5.41, 5.74) is 6.61. The van der Waals surface area contributed by atoms with Crippen LogP contribution in [0.3, 0.4) is 0 Å². The molecule has 5 heteroatoms. The van der Waals surface area contributed by atoms with Crippen LogP contribution in [0.25, 0.3) is 0 Å². The van der Waals surface area contributed by atoms with Gasteiger partial charge in [0.15, 0.2) is 0 Å². The van der Waals surface area contributed by atoms with Gasteiger partial charge in [-0.05, 0) is 12.8 Å². The SMILES string of the molecule is Cn1cc(CC2(CN)CCCCC2O)nn1. The molecule has 1 saturated carbocycles. The van der Waals surface area contributed by atoms with Gasteiger partial charge in [0, 0.05) is 31.6 Å². The van der Waals surface area contributed by atoms with Crippen molar-refractivity contribution >= 4 is 0 Å². The van der Waals surface area contributed by atoms with Crippen molar-refractivity contribution in [3.63, 3.8) is 0 Å². The summed E-state index contributed by atoms with van der Waals surface area (Å²) >= 11 is 0. The topological polar surface area (TPSA) is 77.0 Å². The Kier molecular flexibility index (Phi) is 3.25. The molecule has 2 unspecified atom stereocenters. The Morgan fingerprint density at radius 3 is 3.00 bits per heavy atom. The molecule has 0 aromatic carbocycles. The van der Waals surface area contributed by atoms with E-state index in [2.05, 4.69) is 10.3 Å². The Bertz CT molecular complexity index is 352. The summed E-state index contributed by atoms with van der Waals surface area (Å²) in [5.74, 6) is 0. The van der Waals surface area contributed by atoms with Crippen LogP contribution in [0.2, 0.25) is 0 Å². The lowest BCUT2D eigenvalue weighted by atomic mass is 9.69. The Morgan fingerprint density at radius 2 is 2.44 bits per heavy atom. The molecule has 0 aliphatic heterocycles. The third kappa shape index (κ3) is 2.10. The van der Waals surface area contributed by atoms with Crippen molar-refractivity contribution in [2.24, 2.45) is 18.2 Å². The van der Waals surface area contributed by atoms with E-state index in [4.69, 9.17) is 5.73 Å². The maximum atomic E-state index is 10.2. The molecule has 2 atom stereocenters. The summed E-state index contributed by atoms with van der Waals surface area (Å²) in [7, 11) is 1.85. The van der Waals surface area contributed by atoms with E-state index in [9.17, 15) is 5.11 Å².